The van der Waals surface area contributed by atoms with Crippen LogP contribution in [0.2, 0.25) is 0 Å². The Morgan fingerprint density at radius 1 is 1.71 bits per heavy atom. The first kappa shape index (κ1) is 10.4. The van der Waals surface area contributed by atoms with Crippen molar-refractivity contribution in [1.82, 2.24) is 9.97 Å². The van der Waals surface area contributed by atoms with Crippen LogP contribution in [0.4, 0.5) is 0 Å². The molecule has 0 aliphatic heterocycles. The van der Waals surface area contributed by atoms with Crippen molar-refractivity contribution in [2.75, 3.05) is 6.61 Å². The fourth-order valence-corrected chi connectivity index (χ4v) is 0.898. The lowest BCUT2D eigenvalue weighted by Gasteiger charge is -2.00. The second-order valence-corrected chi connectivity index (χ2v) is 2.74. The second kappa shape index (κ2) is 5.14. The minimum Gasteiger partial charge on any atom is -0.374 e. The van der Waals surface area contributed by atoms with Gasteiger partial charge in [-0.3, -0.25) is 4.79 Å². The van der Waals surface area contributed by atoms with E-state index >= 15 is 0 Å². The molecule has 0 bridgehead atoms. The van der Waals surface area contributed by atoms with Crippen LogP contribution in [0.5, 0.6) is 0 Å². The lowest BCUT2D eigenvalue weighted by atomic mass is 10.4. The second-order valence-electron chi connectivity index (χ2n) is 2.74. The first-order chi connectivity index (χ1) is 6.77. The van der Waals surface area contributed by atoms with Gasteiger partial charge in [-0.2, -0.15) is 5.26 Å². The minimum absolute atomic E-state index is 0.0178. The van der Waals surface area contributed by atoms with Crippen LogP contribution in [0.3, 0.4) is 0 Å². The molecule has 74 valence electrons. The summed E-state index contributed by atoms with van der Waals surface area (Å²) in [7, 11) is 0. The summed E-state index contributed by atoms with van der Waals surface area (Å²) in [4.78, 5) is 17.5. The lowest BCUT2D eigenvalue weighted by Crippen LogP contribution is -2.14. The molecule has 0 radical (unpaired) electrons. The van der Waals surface area contributed by atoms with Crippen molar-refractivity contribution < 1.29 is 4.74 Å². The monoisotopic (exact) mass is 193 g/mol. The van der Waals surface area contributed by atoms with Gasteiger partial charge in [-0.25, -0.2) is 4.98 Å². The van der Waals surface area contributed by atoms with E-state index in [-0.39, 0.29) is 12.2 Å². The van der Waals surface area contributed by atoms with Gasteiger partial charge in [-0.15, -0.1) is 0 Å². The molecule has 14 heavy (non-hydrogen) atoms. The van der Waals surface area contributed by atoms with Gasteiger partial charge >= 0.3 is 0 Å². The van der Waals surface area contributed by atoms with E-state index < -0.39 is 5.56 Å². The van der Waals surface area contributed by atoms with E-state index in [0.29, 0.717) is 12.4 Å². The highest BCUT2D eigenvalue weighted by Crippen LogP contribution is 1.92. The van der Waals surface area contributed by atoms with Crippen LogP contribution in [0.1, 0.15) is 24.7 Å². The predicted octanol–water partition coefficient (Wildman–Crippen LogP) is 0.568. The largest absolute Gasteiger partial charge is 0.374 e. The maximum Gasteiger partial charge on any atom is 0.268 e. The molecule has 0 unspecified atom stereocenters. The molecule has 0 aromatic carbocycles. The summed E-state index contributed by atoms with van der Waals surface area (Å²) >= 11 is 0. The van der Waals surface area contributed by atoms with E-state index in [0.717, 1.165) is 6.42 Å². The number of hydrogen-bond donors (Lipinski definition) is 1. The Labute approximate surface area is 81.4 Å². The third-order valence-corrected chi connectivity index (χ3v) is 1.56. The molecule has 5 nitrogen and oxygen atoms in total. The number of rotatable bonds is 4. The average molecular weight is 193 g/mol. The minimum atomic E-state index is -0.419. The van der Waals surface area contributed by atoms with Crippen LogP contribution in [0.25, 0.3) is 0 Å². The molecule has 0 saturated heterocycles. The van der Waals surface area contributed by atoms with Gasteiger partial charge in [0.15, 0.2) is 0 Å². The van der Waals surface area contributed by atoms with Crippen LogP contribution in [-0.4, -0.2) is 16.6 Å². The molecule has 1 rings (SSSR count). The highest BCUT2D eigenvalue weighted by atomic mass is 16.5. The zero-order valence-electron chi connectivity index (χ0n) is 7.91. The average Bonchev–Trinajstić information content (AvgIpc) is 2.18. The molecule has 0 fully saturated rings. The molecule has 0 saturated carbocycles. The van der Waals surface area contributed by atoms with Gasteiger partial charge in [0, 0.05) is 6.61 Å². The Bertz CT molecular complexity index is 392. The highest BCUT2D eigenvalue weighted by Gasteiger charge is 2.00. The standard InChI is InChI=1S/C9H11N3O2/c1-2-3-14-6-8-11-5-7(4-10)9(13)12-8/h5H,2-3,6H2,1H3,(H,11,12,13). The predicted molar refractivity (Wildman–Crippen MR) is 49.5 cm³/mol. The number of nitriles is 1. The molecular weight excluding hydrogens is 182 g/mol. The number of aromatic nitrogens is 2. The highest BCUT2D eigenvalue weighted by molar-refractivity contribution is 5.21. The molecular formula is C9H11N3O2. The SMILES string of the molecule is CCCOCc1ncc(C#N)c(=O)[nH]1. The van der Waals surface area contributed by atoms with E-state index in [1.165, 1.54) is 6.20 Å². The molecule has 5 heteroatoms. The van der Waals surface area contributed by atoms with Crippen molar-refractivity contribution in [3.63, 3.8) is 0 Å². The zero-order chi connectivity index (χ0) is 10.4. The molecule has 0 aliphatic rings. The summed E-state index contributed by atoms with van der Waals surface area (Å²) in [6, 6.07) is 1.74. The Kier molecular flexibility index (Phi) is 3.83. The van der Waals surface area contributed by atoms with Crippen molar-refractivity contribution in [1.29, 1.82) is 5.26 Å². The van der Waals surface area contributed by atoms with Crippen LogP contribution in [0.15, 0.2) is 11.0 Å². The Hall–Kier alpha value is -1.67. The number of H-pyrrole nitrogens is 1. The smallest absolute Gasteiger partial charge is 0.268 e. The Morgan fingerprint density at radius 2 is 2.50 bits per heavy atom. The van der Waals surface area contributed by atoms with Crippen molar-refractivity contribution in [3.8, 4) is 6.07 Å². The first-order valence-electron chi connectivity index (χ1n) is 4.34. The number of nitrogens with zero attached hydrogens (tertiary/aromatic N) is 2. The molecule has 0 spiro atoms. The number of aromatic amines is 1. The molecule has 1 N–H and O–H groups in total. The van der Waals surface area contributed by atoms with Crippen LogP contribution < -0.4 is 5.56 Å². The van der Waals surface area contributed by atoms with Crippen LogP contribution >= 0.6 is 0 Å². The molecule has 1 aromatic heterocycles. The van der Waals surface area contributed by atoms with Gasteiger partial charge in [0.2, 0.25) is 0 Å². The molecule has 1 aromatic rings. The van der Waals surface area contributed by atoms with Gasteiger partial charge in [0.1, 0.15) is 24.1 Å². The summed E-state index contributed by atoms with van der Waals surface area (Å²) in [6.07, 6.45) is 2.17. The summed E-state index contributed by atoms with van der Waals surface area (Å²) in [5.74, 6) is 0.447. The molecule has 1 heterocycles. The maximum atomic E-state index is 11.1. The van der Waals surface area contributed by atoms with Gasteiger partial charge in [0.05, 0.1) is 6.20 Å². The van der Waals surface area contributed by atoms with Gasteiger partial charge in [0.25, 0.3) is 5.56 Å². The fraction of sp³-hybridized carbons (Fsp3) is 0.444. The van der Waals surface area contributed by atoms with Crippen molar-refractivity contribution in [3.05, 3.63) is 27.9 Å². The van der Waals surface area contributed by atoms with E-state index in [2.05, 4.69) is 9.97 Å². The lowest BCUT2D eigenvalue weighted by molar-refractivity contribution is 0.116. The third kappa shape index (κ3) is 2.68. The van der Waals surface area contributed by atoms with Crippen molar-refractivity contribution in [2.24, 2.45) is 0 Å². The fourth-order valence-electron chi connectivity index (χ4n) is 0.898. The number of hydrogen-bond acceptors (Lipinski definition) is 4. The normalized spacial score (nSPS) is 9.71. The summed E-state index contributed by atoms with van der Waals surface area (Å²) in [5, 5.41) is 8.48. The number of ether oxygens (including phenoxy) is 1. The summed E-state index contributed by atoms with van der Waals surface area (Å²) < 4.78 is 5.18. The van der Waals surface area contributed by atoms with E-state index in [9.17, 15) is 4.79 Å². The maximum absolute atomic E-state index is 11.1. The Morgan fingerprint density at radius 3 is 3.07 bits per heavy atom. The number of nitrogens with one attached hydrogen (secondary N) is 1. The van der Waals surface area contributed by atoms with Gasteiger partial charge in [-0.1, -0.05) is 6.92 Å². The third-order valence-electron chi connectivity index (χ3n) is 1.56. The first-order valence-corrected chi connectivity index (χ1v) is 4.34. The van der Waals surface area contributed by atoms with Crippen LogP contribution in [-0.2, 0) is 11.3 Å². The van der Waals surface area contributed by atoms with Crippen molar-refractivity contribution in [2.45, 2.75) is 20.0 Å². The van der Waals surface area contributed by atoms with Gasteiger partial charge in [-0.05, 0) is 6.42 Å². The zero-order valence-corrected chi connectivity index (χ0v) is 7.91. The van der Waals surface area contributed by atoms with Crippen LogP contribution in [0, 0.1) is 11.3 Å². The summed E-state index contributed by atoms with van der Waals surface area (Å²) in [5.41, 5.74) is -0.401. The van der Waals surface area contributed by atoms with E-state index in [1.807, 2.05) is 6.92 Å². The molecule has 0 aliphatic carbocycles. The van der Waals surface area contributed by atoms with E-state index in [4.69, 9.17) is 10.00 Å². The van der Waals surface area contributed by atoms with E-state index in [1.54, 1.807) is 6.07 Å². The molecule has 0 amide bonds. The van der Waals surface area contributed by atoms with Crippen molar-refractivity contribution >= 4 is 0 Å². The Balaban J connectivity index is 2.68. The molecule has 0 atom stereocenters. The quantitative estimate of drug-likeness (QED) is 0.709. The summed E-state index contributed by atoms with van der Waals surface area (Å²) in [6.45, 7) is 2.90. The van der Waals surface area contributed by atoms with Gasteiger partial charge < -0.3 is 9.72 Å². The topological polar surface area (TPSA) is 78.8 Å².